The van der Waals surface area contributed by atoms with E-state index < -0.39 is 0 Å². The van der Waals surface area contributed by atoms with Gasteiger partial charge in [0.15, 0.2) is 0 Å². The lowest BCUT2D eigenvalue weighted by molar-refractivity contribution is 0.415. The van der Waals surface area contributed by atoms with Crippen molar-refractivity contribution in [3.8, 4) is 11.8 Å². The molecular formula is C20H40ClN. The topological polar surface area (TPSA) is 26.0 Å². The van der Waals surface area contributed by atoms with Gasteiger partial charge in [0.1, 0.15) is 0 Å². The summed E-state index contributed by atoms with van der Waals surface area (Å²) >= 11 is 0. The molecule has 0 radical (unpaired) electrons. The first kappa shape index (κ1) is 24.1. The molecule has 0 heterocycles. The Morgan fingerprint density at radius 2 is 1.05 bits per heavy atom. The summed E-state index contributed by atoms with van der Waals surface area (Å²) in [5.74, 6) is 6.35. The van der Waals surface area contributed by atoms with E-state index in [2.05, 4.69) is 25.7 Å². The van der Waals surface area contributed by atoms with Crippen molar-refractivity contribution in [2.24, 2.45) is 5.73 Å². The van der Waals surface area contributed by atoms with Crippen LogP contribution in [0.2, 0.25) is 0 Å². The molecule has 2 N–H and O–H groups in total. The van der Waals surface area contributed by atoms with Crippen molar-refractivity contribution in [1.82, 2.24) is 0 Å². The Morgan fingerprint density at radius 3 is 1.41 bits per heavy atom. The number of hydrogen-bond donors (Lipinski definition) is 1. The van der Waals surface area contributed by atoms with Crippen LogP contribution in [0.15, 0.2) is 0 Å². The van der Waals surface area contributed by atoms with Gasteiger partial charge in [0, 0.05) is 0 Å². The zero-order valence-electron chi connectivity index (χ0n) is 15.4. The van der Waals surface area contributed by atoms with Crippen LogP contribution in [0.25, 0.3) is 0 Å². The van der Waals surface area contributed by atoms with Crippen molar-refractivity contribution in [2.45, 2.75) is 116 Å². The minimum absolute atomic E-state index is 0. The van der Waals surface area contributed by atoms with Crippen molar-refractivity contribution in [3.05, 3.63) is 0 Å². The van der Waals surface area contributed by atoms with Crippen LogP contribution in [0.3, 0.4) is 0 Å². The fourth-order valence-corrected chi connectivity index (χ4v) is 2.94. The summed E-state index contributed by atoms with van der Waals surface area (Å²) in [6, 6.07) is 0. The predicted octanol–water partition coefficient (Wildman–Crippen LogP) is 6.63. The van der Waals surface area contributed by atoms with Crippen molar-refractivity contribution in [3.63, 3.8) is 0 Å². The zero-order chi connectivity index (χ0) is 15.8. The molecule has 0 atom stereocenters. The van der Waals surface area contributed by atoms with Gasteiger partial charge >= 0.3 is 0 Å². The molecule has 0 fully saturated rings. The molecule has 132 valence electrons. The fourth-order valence-electron chi connectivity index (χ4n) is 2.94. The summed E-state index contributed by atoms with van der Waals surface area (Å²) in [4.78, 5) is 0. The molecule has 1 nitrogen and oxygen atoms in total. The first-order chi connectivity index (χ1) is 10.2. The summed E-state index contributed by atoms with van der Waals surface area (Å²) in [7, 11) is 0. The number of nitrogens with two attached hydrogens (primary N) is 1. The van der Waals surface area contributed by atoms with Crippen molar-refractivity contribution in [1.29, 1.82) is 0 Å². The Balaban J connectivity index is 0. The maximum absolute atomic E-state index is 6.52. The van der Waals surface area contributed by atoms with Crippen LogP contribution in [0.5, 0.6) is 0 Å². The molecule has 0 amide bonds. The Labute approximate surface area is 146 Å². The van der Waals surface area contributed by atoms with Gasteiger partial charge in [-0.2, -0.15) is 0 Å². The highest BCUT2D eigenvalue weighted by Gasteiger charge is 2.20. The summed E-state index contributed by atoms with van der Waals surface area (Å²) < 4.78 is 0. The van der Waals surface area contributed by atoms with E-state index in [9.17, 15) is 0 Å². The Bertz CT molecular complexity index is 261. The minimum Gasteiger partial charge on any atom is -0.315 e. The quantitative estimate of drug-likeness (QED) is 0.281. The first-order valence-corrected chi connectivity index (χ1v) is 9.41. The SMILES string of the molecule is CC#CC(N)(CCCCCCCC)CCCCCCCC.Cl. The van der Waals surface area contributed by atoms with Gasteiger partial charge in [-0.15, -0.1) is 18.3 Å². The Kier molecular flexibility index (Phi) is 18.8. The third kappa shape index (κ3) is 14.7. The molecule has 0 unspecified atom stereocenters. The number of halogens is 1. The molecular weight excluding hydrogens is 290 g/mol. The zero-order valence-corrected chi connectivity index (χ0v) is 16.2. The molecule has 0 rings (SSSR count). The van der Waals surface area contributed by atoms with E-state index >= 15 is 0 Å². The Hall–Kier alpha value is -0.190. The van der Waals surface area contributed by atoms with Gasteiger partial charge in [0.05, 0.1) is 5.54 Å². The van der Waals surface area contributed by atoms with Crippen LogP contribution in [0.1, 0.15) is 111 Å². The van der Waals surface area contributed by atoms with Crippen LogP contribution in [-0.2, 0) is 0 Å². The highest BCUT2D eigenvalue weighted by molar-refractivity contribution is 5.85. The number of rotatable bonds is 14. The lowest BCUT2D eigenvalue weighted by Gasteiger charge is -2.23. The van der Waals surface area contributed by atoms with Gasteiger partial charge in [-0.25, -0.2) is 0 Å². The lowest BCUT2D eigenvalue weighted by Crippen LogP contribution is -2.38. The molecule has 0 spiro atoms. The van der Waals surface area contributed by atoms with E-state index in [0.29, 0.717) is 0 Å². The van der Waals surface area contributed by atoms with Gasteiger partial charge in [0.25, 0.3) is 0 Å². The van der Waals surface area contributed by atoms with Crippen LogP contribution in [-0.4, -0.2) is 5.54 Å². The van der Waals surface area contributed by atoms with Crippen LogP contribution >= 0.6 is 12.4 Å². The smallest absolute Gasteiger partial charge is 0.0775 e. The van der Waals surface area contributed by atoms with E-state index in [1.807, 2.05) is 6.92 Å². The summed E-state index contributed by atoms with van der Waals surface area (Å²) in [6.07, 6.45) is 18.2. The summed E-state index contributed by atoms with van der Waals surface area (Å²) in [6.45, 7) is 6.45. The largest absolute Gasteiger partial charge is 0.315 e. The first-order valence-electron chi connectivity index (χ1n) is 9.41. The highest BCUT2D eigenvalue weighted by atomic mass is 35.5. The van der Waals surface area contributed by atoms with Crippen LogP contribution in [0.4, 0.5) is 0 Å². The number of unbranched alkanes of at least 4 members (excludes halogenated alkanes) is 10. The fraction of sp³-hybridized carbons (Fsp3) is 0.900. The maximum atomic E-state index is 6.52. The third-order valence-corrected chi connectivity index (χ3v) is 4.33. The summed E-state index contributed by atoms with van der Waals surface area (Å²) in [5, 5.41) is 0. The molecule has 0 bridgehead atoms. The maximum Gasteiger partial charge on any atom is 0.0775 e. The minimum atomic E-state index is -0.218. The van der Waals surface area contributed by atoms with Crippen molar-refractivity contribution < 1.29 is 0 Å². The average molecular weight is 330 g/mol. The number of hydrogen-bond acceptors (Lipinski definition) is 1. The second-order valence-electron chi connectivity index (χ2n) is 6.57. The van der Waals surface area contributed by atoms with Gasteiger partial charge in [0.2, 0.25) is 0 Å². The second kappa shape index (κ2) is 17.2. The van der Waals surface area contributed by atoms with Gasteiger partial charge in [-0.05, 0) is 19.8 Å². The van der Waals surface area contributed by atoms with Gasteiger partial charge in [-0.1, -0.05) is 96.8 Å². The predicted molar refractivity (Wildman–Crippen MR) is 104 cm³/mol. The highest BCUT2D eigenvalue weighted by Crippen LogP contribution is 2.20. The molecule has 0 aliphatic heterocycles. The molecule has 0 aromatic heterocycles. The molecule has 0 aliphatic carbocycles. The normalized spacial score (nSPS) is 10.7. The van der Waals surface area contributed by atoms with E-state index in [4.69, 9.17) is 5.73 Å². The Morgan fingerprint density at radius 1 is 0.682 bits per heavy atom. The molecule has 0 aliphatic rings. The molecule has 0 aromatic carbocycles. The third-order valence-electron chi connectivity index (χ3n) is 4.33. The second-order valence-corrected chi connectivity index (χ2v) is 6.57. The summed E-state index contributed by atoms with van der Waals surface area (Å²) in [5.41, 5.74) is 6.30. The average Bonchev–Trinajstić information content (AvgIpc) is 2.47. The molecule has 0 saturated carbocycles. The molecule has 0 aromatic rings. The molecule has 22 heavy (non-hydrogen) atoms. The van der Waals surface area contributed by atoms with Crippen LogP contribution < -0.4 is 5.73 Å². The molecule has 0 saturated heterocycles. The van der Waals surface area contributed by atoms with E-state index in [0.717, 1.165) is 12.8 Å². The van der Waals surface area contributed by atoms with Crippen molar-refractivity contribution in [2.75, 3.05) is 0 Å². The van der Waals surface area contributed by atoms with E-state index in [-0.39, 0.29) is 17.9 Å². The van der Waals surface area contributed by atoms with Crippen LogP contribution in [0, 0.1) is 11.8 Å². The van der Waals surface area contributed by atoms with E-state index in [1.54, 1.807) is 0 Å². The lowest BCUT2D eigenvalue weighted by atomic mass is 9.87. The monoisotopic (exact) mass is 329 g/mol. The van der Waals surface area contributed by atoms with Gasteiger partial charge in [-0.3, -0.25) is 0 Å². The van der Waals surface area contributed by atoms with E-state index in [1.165, 1.54) is 77.0 Å². The standard InChI is InChI=1S/C20H39N.ClH/c1-4-7-9-11-13-15-18-20(21,17-6-3)19-16-14-12-10-8-5-2;/h4-5,7-16,18-19,21H2,1-3H3;1H. The van der Waals surface area contributed by atoms with Crippen molar-refractivity contribution >= 4 is 12.4 Å². The van der Waals surface area contributed by atoms with Gasteiger partial charge < -0.3 is 5.73 Å². The molecule has 2 heteroatoms.